The molecule has 0 bridgehead atoms. The summed E-state index contributed by atoms with van der Waals surface area (Å²) in [7, 11) is 1.80. The molecule has 0 fully saturated rings. The van der Waals surface area contributed by atoms with Crippen LogP contribution in [0.1, 0.15) is 40.9 Å². The molecule has 23 heavy (non-hydrogen) atoms. The van der Waals surface area contributed by atoms with Crippen molar-refractivity contribution in [1.82, 2.24) is 15.6 Å². The molecule has 2 N–H and O–H groups in total. The number of thiazole rings is 1. The van der Waals surface area contributed by atoms with Gasteiger partial charge in [0.25, 0.3) is 0 Å². The molecule has 4 nitrogen and oxygen atoms in total. The maximum Gasteiger partial charge on any atom is 0.191 e. The van der Waals surface area contributed by atoms with Crippen molar-refractivity contribution in [3.8, 4) is 0 Å². The molecule has 2 rings (SSSR count). The summed E-state index contributed by atoms with van der Waals surface area (Å²) in [5.74, 6) is 0.827. The van der Waals surface area contributed by atoms with E-state index in [9.17, 15) is 0 Å². The van der Waals surface area contributed by atoms with Gasteiger partial charge in [-0.25, -0.2) is 4.98 Å². The number of guanidine groups is 1. The van der Waals surface area contributed by atoms with E-state index < -0.39 is 0 Å². The summed E-state index contributed by atoms with van der Waals surface area (Å²) in [6.45, 7) is 7.28. The molecule has 5 heteroatoms. The van der Waals surface area contributed by atoms with Gasteiger partial charge < -0.3 is 10.6 Å². The maximum atomic E-state index is 4.45. The Kier molecular flexibility index (Phi) is 6.59. The van der Waals surface area contributed by atoms with Crippen LogP contribution < -0.4 is 10.6 Å². The van der Waals surface area contributed by atoms with E-state index in [0.29, 0.717) is 0 Å². The molecule has 1 aromatic carbocycles. The number of rotatable bonds is 6. The van der Waals surface area contributed by atoms with E-state index in [-0.39, 0.29) is 6.04 Å². The SMILES string of the molecule is CCc1cnc(CCNC(=NC)NC(C)c2ccccc2C)s1. The summed E-state index contributed by atoms with van der Waals surface area (Å²) < 4.78 is 0. The number of aliphatic imine (C=N–C) groups is 1. The van der Waals surface area contributed by atoms with E-state index in [1.807, 2.05) is 6.20 Å². The van der Waals surface area contributed by atoms with Gasteiger partial charge in [-0.15, -0.1) is 11.3 Å². The summed E-state index contributed by atoms with van der Waals surface area (Å²) in [4.78, 5) is 10.1. The second-order valence-electron chi connectivity index (χ2n) is 5.55. The first-order valence-electron chi connectivity index (χ1n) is 8.10. The Morgan fingerprint density at radius 2 is 2.13 bits per heavy atom. The van der Waals surface area contributed by atoms with Gasteiger partial charge >= 0.3 is 0 Å². The van der Waals surface area contributed by atoms with Gasteiger partial charge in [0.1, 0.15) is 0 Å². The molecule has 0 amide bonds. The molecule has 0 aliphatic heterocycles. The Morgan fingerprint density at radius 3 is 2.78 bits per heavy atom. The zero-order chi connectivity index (χ0) is 16.7. The van der Waals surface area contributed by atoms with Gasteiger partial charge in [0.15, 0.2) is 5.96 Å². The first-order chi connectivity index (χ1) is 11.1. The number of nitrogens with one attached hydrogen (secondary N) is 2. The summed E-state index contributed by atoms with van der Waals surface area (Å²) >= 11 is 1.79. The second kappa shape index (κ2) is 8.67. The van der Waals surface area contributed by atoms with Crippen LogP contribution in [0.3, 0.4) is 0 Å². The Hall–Kier alpha value is -1.88. The first-order valence-corrected chi connectivity index (χ1v) is 8.92. The van der Waals surface area contributed by atoms with Crippen molar-refractivity contribution in [2.24, 2.45) is 4.99 Å². The number of benzene rings is 1. The van der Waals surface area contributed by atoms with E-state index in [0.717, 1.165) is 25.3 Å². The lowest BCUT2D eigenvalue weighted by Gasteiger charge is -2.19. The molecule has 1 heterocycles. The van der Waals surface area contributed by atoms with E-state index in [2.05, 4.69) is 65.6 Å². The normalized spacial score (nSPS) is 13.0. The highest BCUT2D eigenvalue weighted by atomic mass is 32.1. The van der Waals surface area contributed by atoms with Gasteiger partial charge in [-0.1, -0.05) is 31.2 Å². The van der Waals surface area contributed by atoms with Crippen LogP contribution in [-0.2, 0) is 12.8 Å². The zero-order valence-corrected chi connectivity index (χ0v) is 15.2. The number of hydrogen-bond donors (Lipinski definition) is 2. The van der Waals surface area contributed by atoms with Crippen molar-refractivity contribution < 1.29 is 0 Å². The number of aromatic nitrogens is 1. The third-order valence-corrected chi connectivity index (χ3v) is 5.01. The van der Waals surface area contributed by atoms with Crippen LogP contribution in [0.5, 0.6) is 0 Å². The highest BCUT2D eigenvalue weighted by Gasteiger charge is 2.09. The Balaban J connectivity index is 1.84. The fourth-order valence-corrected chi connectivity index (χ4v) is 3.33. The minimum atomic E-state index is 0.217. The Labute approximate surface area is 143 Å². The average molecular weight is 331 g/mol. The van der Waals surface area contributed by atoms with Crippen LogP contribution in [0.4, 0.5) is 0 Å². The van der Waals surface area contributed by atoms with Crippen molar-refractivity contribution in [2.45, 2.75) is 39.7 Å². The van der Waals surface area contributed by atoms with Crippen LogP contribution in [0.25, 0.3) is 0 Å². The predicted octanol–water partition coefficient (Wildman–Crippen LogP) is 3.48. The molecule has 0 spiro atoms. The number of nitrogens with zero attached hydrogens (tertiary/aromatic N) is 2. The van der Waals surface area contributed by atoms with Gasteiger partial charge in [0, 0.05) is 31.1 Å². The molecule has 0 saturated heterocycles. The summed E-state index contributed by atoms with van der Waals surface area (Å²) in [5.41, 5.74) is 2.58. The molecule has 124 valence electrons. The molecule has 0 radical (unpaired) electrons. The molecule has 1 aromatic heterocycles. The smallest absolute Gasteiger partial charge is 0.191 e. The summed E-state index contributed by atoms with van der Waals surface area (Å²) in [6.07, 6.45) is 3.96. The quantitative estimate of drug-likeness (QED) is 0.630. The minimum Gasteiger partial charge on any atom is -0.356 e. The van der Waals surface area contributed by atoms with E-state index >= 15 is 0 Å². The van der Waals surface area contributed by atoms with E-state index in [1.54, 1.807) is 18.4 Å². The van der Waals surface area contributed by atoms with Crippen molar-refractivity contribution in [3.63, 3.8) is 0 Å². The van der Waals surface area contributed by atoms with Crippen molar-refractivity contribution in [2.75, 3.05) is 13.6 Å². The molecular formula is C18H26N4S. The fraction of sp³-hybridized carbons (Fsp3) is 0.444. The molecule has 0 aliphatic carbocycles. The monoisotopic (exact) mass is 330 g/mol. The van der Waals surface area contributed by atoms with Crippen LogP contribution in [0.2, 0.25) is 0 Å². The Morgan fingerprint density at radius 1 is 1.35 bits per heavy atom. The first kappa shape index (κ1) is 17.5. The lowest BCUT2D eigenvalue weighted by molar-refractivity contribution is 0.680. The third kappa shape index (κ3) is 5.06. The highest BCUT2D eigenvalue weighted by molar-refractivity contribution is 7.11. The van der Waals surface area contributed by atoms with E-state index in [4.69, 9.17) is 0 Å². The highest BCUT2D eigenvalue weighted by Crippen LogP contribution is 2.16. The van der Waals surface area contributed by atoms with Crippen LogP contribution in [0.15, 0.2) is 35.5 Å². The fourth-order valence-electron chi connectivity index (χ4n) is 2.46. The summed E-state index contributed by atoms with van der Waals surface area (Å²) in [6, 6.07) is 8.65. The van der Waals surface area contributed by atoms with Gasteiger partial charge in [0.2, 0.25) is 0 Å². The number of aryl methyl sites for hydroxylation is 2. The average Bonchev–Trinajstić information content (AvgIpc) is 3.02. The predicted molar refractivity (Wildman–Crippen MR) is 99.3 cm³/mol. The topological polar surface area (TPSA) is 49.3 Å². The lowest BCUT2D eigenvalue weighted by Crippen LogP contribution is -2.39. The molecule has 0 aliphatic rings. The maximum absolute atomic E-state index is 4.45. The van der Waals surface area contributed by atoms with Crippen molar-refractivity contribution in [3.05, 3.63) is 51.5 Å². The van der Waals surface area contributed by atoms with E-state index in [1.165, 1.54) is 21.0 Å². The molecular weight excluding hydrogens is 304 g/mol. The van der Waals surface area contributed by atoms with Gasteiger partial charge in [-0.05, 0) is 31.4 Å². The van der Waals surface area contributed by atoms with Crippen molar-refractivity contribution >= 4 is 17.3 Å². The van der Waals surface area contributed by atoms with Gasteiger partial charge in [0.05, 0.1) is 11.0 Å². The third-order valence-electron chi connectivity index (χ3n) is 3.81. The lowest BCUT2D eigenvalue weighted by atomic mass is 10.0. The summed E-state index contributed by atoms with van der Waals surface area (Å²) in [5, 5.41) is 8.00. The molecule has 0 saturated carbocycles. The van der Waals surface area contributed by atoms with Crippen LogP contribution in [-0.4, -0.2) is 24.5 Å². The van der Waals surface area contributed by atoms with Gasteiger partial charge in [-0.2, -0.15) is 0 Å². The standard InChI is InChI=1S/C18H26N4S/c1-5-15-12-21-17(23-15)10-11-20-18(19-4)22-14(3)16-9-7-6-8-13(16)2/h6-9,12,14H,5,10-11H2,1-4H3,(H2,19,20,22). The molecule has 1 atom stereocenters. The molecule has 1 unspecified atom stereocenters. The second-order valence-corrected chi connectivity index (χ2v) is 6.75. The van der Waals surface area contributed by atoms with Gasteiger partial charge in [-0.3, -0.25) is 4.99 Å². The minimum absolute atomic E-state index is 0.217. The molecule has 2 aromatic rings. The van der Waals surface area contributed by atoms with Crippen LogP contribution in [0, 0.1) is 6.92 Å². The zero-order valence-electron chi connectivity index (χ0n) is 14.4. The largest absolute Gasteiger partial charge is 0.356 e. The Bertz CT molecular complexity index is 648. The van der Waals surface area contributed by atoms with Crippen molar-refractivity contribution in [1.29, 1.82) is 0 Å². The van der Waals surface area contributed by atoms with Crippen LogP contribution >= 0.6 is 11.3 Å². The number of hydrogen-bond acceptors (Lipinski definition) is 3.